The molecule has 2 aliphatic heterocycles. The molecule has 4 rings (SSSR count). The summed E-state index contributed by atoms with van der Waals surface area (Å²) in [6, 6.07) is 3.72. The first-order valence-electron chi connectivity index (χ1n) is 9.51. The van der Waals surface area contributed by atoms with Crippen molar-refractivity contribution in [1.29, 1.82) is 0 Å². The summed E-state index contributed by atoms with van der Waals surface area (Å²) in [6.07, 6.45) is -0.499. The smallest absolute Gasteiger partial charge is 0.475 e. The molecule has 0 radical (unpaired) electrons. The molecule has 0 unspecified atom stereocenters. The zero-order valence-corrected chi connectivity index (χ0v) is 17.2. The molecule has 2 aromatic rings. The predicted octanol–water partition coefficient (Wildman–Crippen LogP) is 2.54. The molecule has 2 aromatic heterocycles. The number of aliphatic carboxylic acids is 1. The summed E-state index contributed by atoms with van der Waals surface area (Å²) < 4.78 is 37.8. The Morgan fingerprint density at radius 2 is 1.90 bits per heavy atom. The number of fused-ring (bicyclic) bond motifs is 1. The minimum Gasteiger partial charge on any atom is -0.475 e. The van der Waals surface area contributed by atoms with Gasteiger partial charge in [-0.05, 0) is 23.9 Å². The van der Waals surface area contributed by atoms with Gasteiger partial charge in [0.1, 0.15) is 0 Å². The SMILES string of the molecule is O=C(O)C(F)(F)F.O=C(c1ccsc1)N1CC[C@@H]2CN(c3ncccn3)CCO[C@@H]2C1. The van der Waals surface area contributed by atoms with Crippen LogP contribution >= 0.6 is 11.3 Å². The fourth-order valence-corrected chi connectivity index (χ4v) is 4.07. The first-order chi connectivity index (χ1) is 14.8. The van der Waals surface area contributed by atoms with E-state index < -0.39 is 12.1 Å². The minimum absolute atomic E-state index is 0.0926. The van der Waals surface area contributed by atoms with Crippen LogP contribution in [0.3, 0.4) is 0 Å². The summed E-state index contributed by atoms with van der Waals surface area (Å²) in [6.45, 7) is 3.76. The molecule has 1 amide bonds. The first kappa shape index (κ1) is 22.9. The Kier molecular flexibility index (Phi) is 7.44. The van der Waals surface area contributed by atoms with Crippen molar-refractivity contribution in [2.45, 2.75) is 18.7 Å². The number of anilines is 1. The van der Waals surface area contributed by atoms with Gasteiger partial charge in [-0.3, -0.25) is 4.79 Å². The molecule has 0 aliphatic carbocycles. The van der Waals surface area contributed by atoms with Crippen molar-refractivity contribution in [2.24, 2.45) is 5.92 Å². The molecule has 168 valence electrons. The largest absolute Gasteiger partial charge is 0.490 e. The van der Waals surface area contributed by atoms with Crippen LogP contribution in [-0.4, -0.2) is 76.9 Å². The number of thiophene rings is 1. The zero-order valence-electron chi connectivity index (χ0n) is 16.4. The number of amides is 1. The number of carbonyl (C=O) groups is 2. The molecule has 2 atom stereocenters. The summed E-state index contributed by atoms with van der Waals surface area (Å²) in [5.74, 6) is -1.47. The second kappa shape index (κ2) is 10.1. The number of carbonyl (C=O) groups excluding carboxylic acids is 1. The summed E-state index contributed by atoms with van der Waals surface area (Å²) in [4.78, 5) is 34.3. The number of aromatic nitrogens is 2. The number of ether oxygens (including phenoxy) is 1. The highest BCUT2D eigenvalue weighted by Gasteiger charge is 2.38. The number of piperidine rings is 1. The van der Waals surface area contributed by atoms with E-state index >= 15 is 0 Å². The summed E-state index contributed by atoms with van der Waals surface area (Å²) >= 11 is 1.56. The Morgan fingerprint density at radius 3 is 2.52 bits per heavy atom. The van der Waals surface area contributed by atoms with E-state index in [9.17, 15) is 18.0 Å². The third-order valence-electron chi connectivity index (χ3n) is 4.98. The second-order valence-corrected chi connectivity index (χ2v) is 7.80. The molecule has 2 aliphatic rings. The topological polar surface area (TPSA) is 95.9 Å². The van der Waals surface area contributed by atoms with Crippen molar-refractivity contribution >= 4 is 29.2 Å². The maximum Gasteiger partial charge on any atom is 0.490 e. The van der Waals surface area contributed by atoms with Crippen LogP contribution in [-0.2, 0) is 9.53 Å². The zero-order chi connectivity index (χ0) is 22.4. The quantitative estimate of drug-likeness (QED) is 0.739. The van der Waals surface area contributed by atoms with Crippen molar-refractivity contribution < 1.29 is 32.6 Å². The third-order valence-corrected chi connectivity index (χ3v) is 5.66. The number of nitrogens with zero attached hydrogens (tertiary/aromatic N) is 4. The second-order valence-electron chi connectivity index (χ2n) is 7.02. The standard InChI is InChI=1S/C17H20N4O2S.C2HF3O2/c22-16(14-3-9-24-12-14)20-6-2-13-10-21(7-8-23-15(13)11-20)17-18-4-1-5-19-17;3-2(4,5)1(6)7/h1,3-5,9,12-13,15H,2,6-8,10-11H2;(H,6,7)/t13-,15-;/m1./s1. The van der Waals surface area contributed by atoms with Gasteiger partial charge in [-0.1, -0.05) is 0 Å². The summed E-state index contributed by atoms with van der Waals surface area (Å²) in [7, 11) is 0. The van der Waals surface area contributed by atoms with Crippen molar-refractivity contribution in [3.8, 4) is 0 Å². The predicted molar refractivity (Wildman–Crippen MR) is 106 cm³/mol. The lowest BCUT2D eigenvalue weighted by Crippen LogP contribution is -2.49. The molecule has 0 bridgehead atoms. The van der Waals surface area contributed by atoms with Crippen LogP contribution in [0.1, 0.15) is 16.8 Å². The number of hydrogen-bond donors (Lipinski definition) is 1. The van der Waals surface area contributed by atoms with Crippen molar-refractivity contribution in [2.75, 3.05) is 37.7 Å². The highest BCUT2D eigenvalue weighted by molar-refractivity contribution is 7.08. The highest BCUT2D eigenvalue weighted by atomic mass is 32.1. The van der Waals surface area contributed by atoms with Crippen LogP contribution in [0, 0.1) is 5.92 Å². The number of alkyl halides is 3. The number of halogens is 3. The average Bonchev–Trinajstić information content (AvgIpc) is 3.20. The van der Waals surface area contributed by atoms with Gasteiger partial charge in [0.25, 0.3) is 5.91 Å². The van der Waals surface area contributed by atoms with E-state index in [0.29, 0.717) is 19.1 Å². The molecule has 0 aromatic carbocycles. The van der Waals surface area contributed by atoms with Crippen molar-refractivity contribution in [1.82, 2.24) is 14.9 Å². The van der Waals surface area contributed by atoms with Crippen LogP contribution in [0.5, 0.6) is 0 Å². The lowest BCUT2D eigenvalue weighted by molar-refractivity contribution is -0.192. The molecular weight excluding hydrogens is 437 g/mol. The molecule has 0 spiro atoms. The van der Waals surface area contributed by atoms with Gasteiger partial charge in [-0.25, -0.2) is 14.8 Å². The number of carboxylic acid groups (broad SMARTS) is 1. The maximum atomic E-state index is 12.6. The fourth-order valence-electron chi connectivity index (χ4n) is 3.44. The fraction of sp³-hybridized carbons (Fsp3) is 0.474. The van der Waals surface area contributed by atoms with Gasteiger partial charge in [-0.15, -0.1) is 0 Å². The molecule has 2 saturated heterocycles. The number of hydrogen-bond acceptors (Lipinski definition) is 7. The van der Waals surface area contributed by atoms with E-state index in [1.54, 1.807) is 23.7 Å². The van der Waals surface area contributed by atoms with E-state index in [2.05, 4.69) is 14.9 Å². The number of rotatable bonds is 2. The Labute approximate surface area is 180 Å². The normalized spacial score (nSPS) is 21.4. The molecule has 4 heterocycles. The van der Waals surface area contributed by atoms with E-state index in [-0.39, 0.29) is 12.0 Å². The lowest BCUT2D eigenvalue weighted by Gasteiger charge is -2.37. The van der Waals surface area contributed by atoms with E-state index in [4.69, 9.17) is 14.6 Å². The van der Waals surface area contributed by atoms with Crippen LogP contribution in [0.4, 0.5) is 19.1 Å². The van der Waals surface area contributed by atoms with Gasteiger partial charge in [0.05, 0.1) is 18.3 Å². The van der Waals surface area contributed by atoms with Crippen LogP contribution in [0.15, 0.2) is 35.3 Å². The van der Waals surface area contributed by atoms with Crippen LogP contribution in [0.25, 0.3) is 0 Å². The van der Waals surface area contributed by atoms with Gasteiger partial charge in [0.2, 0.25) is 5.95 Å². The van der Waals surface area contributed by atoms with Crippen molar-refractivity contribution in [3.05, 3.63) is 40.8 Å². The molecular formula is C19H21F3N4O4S. The van der Waals surface area contributed by atoms with E-state index in [0.717, 1.165) is 37.6 Å². The molecule has 31 heavy (non-hydrogen) atoms. The van der Waals surface area contributed by atoms with Gasteiger partial charge >= 0.3 is 12.1 Å². The van der Waals surface area contributed by atoms with Gasteiger partial charge in [0.15, 0.2) is 0 Å². The third kappa shape index (κ3) is 6.14. The lowest BCUT2D eigenvalue weighted by atomic mass is 9.93. The van der Waals surface area contributed by atoms with Gasteiger partial charge in [-0.2, -0.15) is 24.5 Å². The van der Waals surface area contributed by atoms with Gasteiger partial charge in [0, 0.05) is 49.9 Å². The monoisotopic (exact) mass is 458 g/mol. The maximum absolute atomic E-state index is 12.6. The van der Waals surface area contributed by atoms with Crippen molar-refractivity contribution in [3.63, 3.8) is 0 Å². The van der Waals surface area contributed by atoms with Crippen LogP contribution in [0.2, 0.25) is 0 Å². The van der Waals surface area contributed by atoms with E-state index in [1.165, 1.54) is 0 Å². The number of likely N-dealkylation sites (tertiary alicyclic amines) is 1. The average molecular weight is 458 g/mol. The highest BCUT2D eigenvalue weighted by Crippen LogP contribution is 2.26. The Morgan fingerprint density at radius 1 is 1.19 bits per heavy atom. The van der Waals surface area contributed by atoms with E-state index in [1.807, 2.05) is 27.8 Å². The summed E-state index contributed by atoms with van der Waals surface area (Å²) in [5.41, 5.74) is 0.784. The minimum atomic E-state index is -5.08. The molecule has 1 N–H and O–H groups in total. The summed E-state index contributed by atoms with van der Waals surface area (Å²) in [5, 5.41) is 11.0. The Bertz CT molecular complexity index is 867. The Balaban J connectivity index is 0.000000339. The first-order valence-corrected chi connectivity index (χ1v) is 10.4. The molecule has 2 fully saturated rings. The molecule has 8 nitrogen and oxygen atoms in total. The molecule has 0 saturated carbocycles. The number of carboxylic acids is 1. The van der Waals surface area contributed by atoms with Crippen LogP contribution < -0.4 is 4.90 Å². The molecule has 12 heteroatoms. The van der Waals surface area contributed by atoms with Gasteiger partial charge < -0.3 is 19.6 Å². The Hall–Kier alpha value is -2.73.